The molecular formula is C19H18ClFN2O4. The van der Waals surface area contributed by atoms with Crippen LogP contribution in [0.3, 0.4) is 0 Å². The largest absolute Gasteiger partial charge is 0.454 e. The minimum Gasteiger partial charge on any atom is -0.454 e. The van der Waals surface area contributed by atoms with E-state index in [1.165, 1.54) is 12.1 Å². The van der Waals surface area contributed by atoms with E-state index < -0.39 is 30.2 Å². The van der Waals surface area contributed by atoms with E-state index in [4.69, 9.17) is 16.3 Å². The summed E-state index contributed by atoms with van der Waals surface area (Å²) < 4.78 is 17.8. The van der Waals surface area contributed by atoms with Crippen molar-refractivity contribution in [3.63, 3.8) is 0 Å². The Kier molecular flexibility index (Phi) is 6.90. The highest BCUT2D eigenvalue weighted by Gasteiger charge is 2.12. The molecule has 0 saturated carbocycles. The smallest absolute Gasteiger partial charge is 0.325 e. The molecule has 2 rings (SSSR count). The summed E-state index contributed by atoms with van der Waals surface area (Å²) in [7, 11) is 0. The van der Waals surface area contributed by atoms with Crippen molar-refractivity contribution < 1.29 is 23.5 Å². The summed E-state index contributed by atoms with van der Waals surface area (Å²) >= 11 is 5.61. The first-order chi connectivity index (χ1) is 12.8. The van der Waals surface area contributed by atoms with Crippen molar-refractivity contribution in [3.8, 4) is 0 Å². The predicted molar refractivity (Wildman–Crippen MR) is 99.2 cm³/mol. The second-order valence-corrected chi connectivity index (χ2v) is 6.23. The summed E-state index contributed by atoms with van der Waals surface area (Å²) in [5.74, 6) is -2.41. The zero-order valence-corrected chi connectivity index (χ0v) is 15.5. The molecule has 0 aromatic heterocycles. The fraction of sp³-hybridized carbons (Fsp3) is 0.211. The average molecular weight is 393 g/mol. The molecule has 0 bridgehead atoms. The molecule has 0 fully saturated rings. The van der Waals surface area contributed by atoms with Crippen LogP contribution in [0.25, 0.3) is 0 Å². The number of esters is 1. The molecule has 0 unspecified atom stereocenters. The molecule has 0 aliphatic carbocycles. The Morgan fingerprint density at radius 1 is 1.07 bits per heavy atom. The van der Waals surface area contributed by atoms with Gasteiger partial charge in [-0.3, -0.25) is 14.4 Å². The van der Waals surface area contributed by atoms with E-state index >= 15 is 0 Å². The van der Waals surface area contributed by atoms with Crippen LogP contribution >= 0.6 is 11.6 Å². The van der Waals surface area contributed by atoms with Gasteiger partial charge < -0.3 is 15.4 Å². The number of rotatable bonds is 6. The van der Waals surface area contributed by atoms with Gasteiger partial charge in [0.25, 0.3) is 11.8 Å². The highest BCUT2D eigenvalue weighted by Crippen LogP contribution is 2.19. The maximum atomic E-state index is 13.1. The van der Waals surface area contributed by atoms with E-state index in [9.17, 15) is 18.8 Å². The summed E-state index contributed by atoms with van der Waals surface area (Å²) in [5, 5.41) is 4.70. The SMILES string of the molecule is Cc1ccc(C(=O)NCC(=O)OCC(=O)Nc2ccc(F)c(Cl)c2)cc1C. The van der Waals surface area contributed by atoms with Crippen LogP contribution in [-0.4, -0.2) is 30.9 Å². The lowest BCUT2D eigenvalue weighted by molar-refractivity contribution is -0.146. The fourth-order valence-electron chi connectivity index (χ4n) is 2.11. The molecule has 0 radical (unpaired) electrons. The third-order valence-electron chi connectivity index (χ3n) is 3.73. The van der Waals surface area contributed by atoms with E-state index in [1.54, 1.807) is 12.1 Å². The number of hydrogen-bond acceptors (Lipinski definition) is 4. The van der Waals surface area contributed by atoms with Crippen LogP contribution in [-0.2, 0) is 14.3 Å². The van der Waals surface area contributed by atoms with Gasteiger partial charge in [0.05, 0.1) is 5.02 Å². The van der Waals surface area contributed by atoms with Gasteiger partial charge >= 0.3 is 5.97 Å². The van der Waals surface area contributed by atoms with Crippen molar-refractivity contribution in [1.29, 1.82) is 0 Å². The number of aryl methyl sites for hydroxylation is 2. The zero-order valence-electron chi connectivity index (χ0n) is 14.8. The third kappa shape index (κ3) is 6.07. The molecule has 2 aromatic rings. The van der Waals surface area contributed by atoms with Crippen LogP contribution in [0, 0.1) is 19.7 Å². The van der Waals surface area contributed by atoms with E-state index in [2.05, 4.69) is 10.6 Å². The molecular weight excluding hydrogens is 375 g/mol. The molecule has 6 nitrogen and oxygen atoms in total. The van der Waals surface area contributed by atoms with E-state index in [0.717, 1.165) is 17.2 Å². The number of carbonyl (C=O) groups is 3. The highest BCUT2D eigenvalue weighted by atomic mass is 35.5. The Labute approximate surface area is 160 Å². The van der Waals surface area contributed by atoms with Crippen LogP contribution in [0.15, 0.2) is 36.4 Å². The maximum absolute atomic E-state index is 13.1. The van der Waals surface area contributed by atoms with Crippen molar-refractivity contribution in [3.05, 3.63) is 63.9 Å². The van der Waals surface area contributed by atoms with Crippen LogP contribution in [0.1, 0.15) is 21.5 Å². The molecule has 0 saturated heterocycles. The molecule has 0 atom stereocenters. The van der Waals surface area contributed by atoms with Gasteiger partial charge in [-0.1, -0.05) is 17.7 Å². The van der Waals surface area contributed by atoms with Gasteiger partial charge in [-0.25, -0.2) is 4.39 Å². The second kappa shape index (κ2) is 9.14. The molecule has 2 N–H and O–H groups in total. The molecule has 0 aliphatic rings. The quantitative estimate of drug-likeness (QED) is 0.740. The number of carbonyl (C=O) groups excluding carboxylic acids is 3. The van der Waals surface area contributed by atoms with Crippen molar-refractivity contribution in [2.24, 2.45) is 0 Å². The first-order valence-corrected chi connectivity index (χ1v) is 8.40. The summed E-state index contributed by atoms with van der Waals surface area (Å²) in [5.41, 5.74) is 2.71. The topological polar surface area (TPSA) is 84.5 Å². The van der Waals surface area contributed by atoms with Gasteiger partial charge in [0.15, 0.2) is 6.61 Å². The molecule has 8 heteroatoms. The molecule has 142 valence electrons. The van der Waals surface area contributed by atoms with Crippen LogP contribution in [0.5, 0.6) is 0 Å². The average Bonchev–Trinajstić information content (AvgIpc) is 2.63. The van der Waals surface area contributed by atoms with E-state index in [0.29, 0.717) is 5.56 Å². The Balaban J connectivity index is 1.76. The lowest BCUT2D eigenvalue weighted by atomic mass is 10.1. The summed E-state index contributed by atoms with van der Waals surface area (Å²) in [4.78, 5) is 35.4. The molecule has 2 amide bonds. The fourth-order valence-corrected chi connectivity index (χ4v) is 2.29. The minimum atomic E-state index is -0.764. The number of benzene rings is 2. The molecule has 0 heterocycles. The number of halogens is 2. The van der Waals surface area contributed by atoms with Crippen LogP contribution in [0.2, 0.25) is 5.02 Å². The Hall–Kier alpha value is -2.93. The first kappa shape index (κ1) is 20.4. The third-order valence-corrected chi connectivity index (χ3v) is 4.02. The lowest BCUT2D eigenvalue weighted by Crippen LogP contribution is -2.32. The minimum absolute atomic E-state index is 0.140. The summed E-state index contributed by atoms with van der Waals surface area (Å²) in [6.45, 7) is 2.89. The number of nitrogens with one attached hydrogen (secondary N) is 2. The molecule has 0 spiro atoms. The zero-order chi connectivity index (χ0) is 20.0. The predicted octanol–water partition coefficient (Wildman–Crippen LogP) is 3.01. The van der Waals surface area contributed by atoms with Gasteiger partial charge in [-0.15, -0.1) is 0 Å². The van der Waals surface area contributed by atoms with E-state index in [-0.39, 0.29) is 17.3 Å². The Morgan fingerprint density at radius 2 is 1.81 bits per heavy atom. The summed E-state index contributed by atoms with van der Waals surface area (Å²) in [6.07, 6.45) is 0. The van der Waals surface area contributed by atoms with Crippen molar-refractivity contribution in [1.82, 2.24) is 5.32 Å². The molecule has 27 heavy (non-hydrogen) atoms. The van der Waals surface area contributed by atoms with Crippen molar-refractivity contribution in [2.75, 3.05) is 18.5 Å². The van der Waals surface area contributed by atoms with Gasteiger partial charge in [0.2, 0.25) is 0 Å². The molecule has 0 aliphatic heterocycles. The summed E-state index contributed by atoms with van der Waals surface area (Å²) in [6, 6.07) is 8.85. The second-order valence-electron chi connectivity index (χ2n) is 5.82. The van der Waals surface area contributed by atoms with Gasteiger partial charge in [-0.05, 0) is 55.3 Å². The number of hydrogen-bond donors (Lipinski definition) is 2. The standard InChI is InChI=1S/C19H18ClFN2O4/c1-11-3-4-13(7-12(11)2)19(26)22-9-18(25)27-10-17(24)23-14-5-6-16(21)15(20)8-14/h3-8H,9-10H2,1-2H3,(H,22,26)(H,23,24). The molecule has 2 aromatic carbocycles. The lowest BCUT2D eigenvalue weighted by Gasteiger charge is -2.09. The van der Waals surface area contributed by atoms with E-state index in [1.807, 2.05) is 19.9 Å². The number of ether oxygens (including phenoxy) is 1. The Morgan fingerprint density at radius 3 is 2.48 bits per heavy atom. The van der Waals surface area contributed by atoms with Gasteiger partial charge in [-0.2, -0.15) is 0 Å². The Bertz CT molecular complexity index is 886. The van der Waals surface area contributed by atoms with Gasteiger partial charge in [0.1, 0.15) is 12.4 Å². The number of anilines is 1. The normalized spacial score (nSPS) is 10.2. The monoisotopic (exact) mass is 392 g/mol. The number of amides is 2. The van der Waals surface area contributed by atoms with Crippen LogP contribution in [0.4, 0.5) is 10.1 Å². The maximum Gasteiger partial charge on any atom is 0.325 e. The van der Waals surface area contributed by atoms with Crippen molar-refractivity contribution in [2.45, 2.75) is 13.8 Å². The van der Waals surface area contributed by atoms with Crippen LogP contribution < -0.4 is 10.6 Å². The van der Waals surface area contributed by atoms with Crippen molar-refractivity contribution >= 4 is 35.1 Å². The van der Waals surface area contributed by atoms with Gasteiger partial charge in [0, 0.05) is 11.3 Å². The first-order valence-electron chi connectivity index (χ1n) is 8.02. The highest BCUT2D eigenvalue weighted by molar-refractivity contribution is 6.31.